The van der Waals surface area contributed by atoms with Crippen LogP contribution in [0.2, 0.25) is 0 Å². The highest BCUT2D eigenvalue weighted by molar-refractivity contribution is 6.03. The number of nitrogens with zero attached hydrogens (tertiary/aromatic N) is 1. The summed E-state index contributed by atoms with van der Waals surface area (Å²) in [6, 6.07) is 6.60. The number of nitrogens with one attached hydrogen (secondary N) is 3. The summed E-state index contributed by atoms with van der Waals surface area (Å²) in [5.41, 5.74) is 2.21. The summed E-state index contributed by atoms with van der Waals surface area (Å²) in [5.74, 6) is -0.252. The van der Waals surface area contributed by atoms with E-state index in [9.17, 15) is 9.59 Å². The van der Waals surface area contributed by atoms with Gasteiger partial charge in [0.15, 0.2) is 0 Å². The van der Waals surface area contributed by atoms with E-state index in [1.807, 2.05) is 0 Å². The Morgan fingerprint density at radius 2 is 2.05 bits per heavy atom. The SMILES string of the molecule is Cc1cc(C(=O)Nc2ccc3[nH]c(=O)[nH]c3c2)on1. The van der Waals surface area contributed by atoms with Crippen molar-refractivity contribution in [2.24, 2.45) is 0 Å². The predicted octanol–water partition coefficient (Wildman–Crippen LogP) is 1.40. The first-order valence-electron chi connectivity index (χ1n) is 5.58. The van der Waals surface area contributed by atoms with Crippen molar-refractivity contribution in [1.29, 1.82) is 0 Å². The van der Waals surface area contributed by atoms with Crippen LogP contribution >= 0.6 is 0 Å². The van der Waals surface area contributed by atoms with E-state index in [1.165, 1.54) is 0 Å². The van der Waals surface area contributed by atoms with Crippen LogP contribution in [0.5, 0.6) is 0 Å². The van der Waals surface area contributed by atoms with E-state index in [-0.39, 0.29) is 11.4 Å². The molecule has 7 nitrogen and oxygen atoms in total. The van der Waals surface area contributed by atoms with Crippen LogP contribution in [0.15, 0.2) is 33.6 Å². The van der Waals surface area contributed by atoms with Crippen LogP contribution in [-0.2, 0) is 0 Å². The van der Waals surface area contributed by atoms with Gasteiger partial charge < -0.3 is 19.8 Å². The van der Waals surface area contributed by atoms with Gasteiger partial charge in [0, 0.05) is 11.8 Å². The molecule has 1 aromatic carbocycles. The summed E-state index contributed by atoms with van der Waals surface area (Å²) in [7, 11) is 0. The summed E-state index contributed by atoms with van der Waals surface area (Å²) in [6.07, 6.45) is 0. The van der Waals surface area contributed by atoms with Gasteiger partial charge in [-0.1, -0.05) is 5.16 Å². The Labute approximate surface area is 106 Å². The van der Waals surface area contributed by atoms with E-state index in [2.05, 4.69) is 20.4 Å². The molecule has 2 heterocycles. The number of hydrogen-bond acceptors (Lipinski definition) is 4. The maximum Gasteiger partial charge on any atom is 0.323 e. The predicted molar refractivity (Wildman–Crippen MR) is 68.1 cm³/mol. The van der Waals surface area contributed by atoms with E-state index in [0.29, 0.717) is 22.4 Å². The normalized spacial score (nSPS) is 10.8. The summed E-state index contributed by atoms with van der Waals surface area (Å²) >= 11 is 0. The third kappa shape index (κ3) is 2.13. The molecule has 1 amide bonds. The smallest absolute Gasteiger partial charge is 0.323 e. The zero-order chi connectivity index (χ0) is 13.4. The van der Waals surface area contributed by atoms with Crippen molar-refractivity contribution in [3.63, 3.8) is 0 Å². The number of anilines is 1. The van der Waals surface area contributed by atoms with E-state index < -0.39 is 5.91 Å². The molecule has 0 saturated carbocycles. The summed E-state index contributed by atoms with van der Waals surface area (Å²) in [4.78, 5) is 28.2. The van der Waals surface area contributed by atoms with Gasteiger partial charge in [0.1, 0.15) is 0 Å². The minimum atomic E-state index is -0.391. The van der Waals surface area contributed by atoms with Crippen LogP contribution < -0.4 is 11.0 Å². The number of hydrogen-bond donors (Lipinski definition) is 3. The molecule has 0 aliphatic carbocycles. The van der Waals surface area contributed by atoms with Gasteiger partial charge in [0.25, 0.3) is 5.91 Å². The lowest BCUT2D eigenvalue weighted by molar-refractivity contribution is 0.0988. The average Bonchev–Trinajstić information content (AvgIpc) is 2.93. The highest BCUT2D eigenvalue weighted by Crippen LogP contribution is 2.15. The Morgan fingerprint density at radius 1 is 1.26 bits per heavy atom. The van der Waals surface area contributed by atoms with Crippen LogP contribution in [0.25, 0.3) is 11.0 Å². The minimum absolute atomic E-state index is 0.139. The molecule has 19 heavy (non-hydrogen) atoms. The highest BCUT2D eigenvalue weighted by Gasteiger charge is 2.12. The molecule has 0 aliphatic heterocycles. The van der Waals surface area contributed by atoms with E-state index in [4.69, 9.17) is 4.52 Å². The first-order chi connectivity index (χ1) is 9.11. The molecule has 0 bridgehead atoms. The maximum absolute atomic E-state index is 11.8. The first-order valence-corrected chi connectivity index (χ1v) is 5.58. The number of aromatic nitrogens is 3. The monoisotopic (exact) mass is 258 g/mol. The second-order valence-corrected chi connectivity index (χ2v) is 4.13. The van der Waals surface area contributed by atoms with E-state index in [1.54, 1.807) is 31.2 Å². The molecule has 0 radical (unpaired) electrons. The second-order valence-electron chi connectivity index (χ2n) is 4.13. The molecule has 0 aliphatic rings. The molecule has 0 fully saturated rings. The van der Waals surface area contributed by atoms with Crippen molar-refractivity contribution in [1.82, 2.24) is 15.1 Å². The largest absolute Gasteiger partial charge is 0.351 e. The number of amides is 1. The number of aryl methyl sites for hydroxylation is 1. The second kappa shape index (κ2) is 4.13. The number of carbonyl (C=O) groups is 1. The summed E-state index contributed by atoms with van der Waals surface area (Å²) < 4.78 is 4.86. The van der Waals surface area contributed by atoms with Crippen molar-refractivity contribution in [3.05, 3.63) is 46.2 Å². The molecule has 96 valence electrons. The standard InChI is InChI=1S/C12H10N4O3/c1-6-4-10(19-16-6)11(17)13-7-2-3-8-9(5-7)15-12(18)14-8/h2-5H,1H3,(H,13,17)(H2,14,15,18). The third-order valence-electron chi connectivity index (χ3n) is 2.63. The van der Waals surface area contributed by atoms with E-state index >= 15 is 0 Å². The molecule has 3 aromatic rings. The van der Waals surface area contributed by atoms with Gasteiger partial charge in [0.2, 0.25) is 5.76 Å². The van der Waals surface area contributed by atoms with Crippen molar-refractivity contribution in [2.45, 2.75) is 6.92 Å². The minimum Gasteiger partial charge on any atom is -0.351 e. The fraction of sp³-hybridized carbons (Fsp3) is 0.0833. The van der Waals surface area contributed by atoms with Crippen LogP contribution in [0.4, 0.5) is 5.69 Å². The number of fused-ring (bicyclic) bond motifs is 1. The summed E-state index contributed by atoms with van der Waals surface area (Å²) in [6.45, 7) is 1.73. The Balaban J connectivity index is 1.88. The first kappa shape index (κ1) is 11.3. The molecule has 0 saturated heterocycles. The van der Waals surface area contributed by atoms with Crippen molar-refractivity contribution >= 4 is 22.6 Å². The third-order valence-corrected chi connectivity index (χ3v) is 2.63. The molecule has 3 rings (SSSR count). The van der Waals surface area contributed by atoms with Gasteiger partial charge in [-0.3, -0.25) is 4.79 Å². The van der Waals surface area contributed by atoms with Gasteiger partial charge in [-0.15, -0.1) is 0 Å². The van der Waals surface area contributed by atoms with Crippen LogP contribution in [-0.4, -0.2) is 21.0 Å². The molecule has 0 atom stereocenters. The quantitative estimate of drug-likeness (QED) is 0.646. The van der Waals surface area contributed by atoms with Gasteiger partial charge in [0.05, 0.1) is 16.7 Å². The Hall–Kier alpha value is -2.83. The lowest BCUT2D eigenvalue weighted by Gasteiger charge is -2.02. The topological polar surface area (TPSA) is 104 Å². The highest BCUT2D eigenvalue weighted by atomic mass is 16.5. The van der Waals surface area contributed by atoms with Crippen LogP contribution in [0.1, 0.15) is 16.2 Å². The fourth-order valence-corrected chi connectivity index (χ4v) is 1.77. The van der Waals surface area contributed by atoms with E-state index in [0.717, 1.165) is 0 Å². The average molecular weight is 258 g/mol. The number of aromatic amines is 2. The molecular formula is C12H10N4O3. The Kier molecular flexibility index (Phi) is 2.45. The van der Waals surface area contributed by atoms with Crippen molar-refractivity contribution in [3.8, 4) is 0 Å². The lowest BCUT2D eigenvalue weighted by Crippen LogP contribution is -2.10. The lowest BCUT2D eigenvalue weighted by atomic mass is 10.2. The zero-order valence-electron chi connectivity index (χ0n) is 9.98. The van der Waals surface area contributed by atoms with Gasteiger partial charge >= 0.3 is 5.69 Å². The summed E-state index contributed by atoms with van der Waals surface area (Å²) in [5, 5.41) is 6.31. The molecule has 0 unspecified atom stereocenters. The van der Waals surface area contributed by atoms with Crippen molar-refractivity contribution < 1.29 is 9.32 Å². The number of rotatable bonds is 2. The van der Waals surface area contributed by atoms with Crippen LogP contribution in [0.3, 0.4) is 0 Å². The number of imidazole rings is 1. The zero-order valence-corrected chi connectivity index (χ0v) is 9.98. The van der Waals surface area contributed by atoms with Gasteiger partial charge in [-0.05, 0) is 25.1 Å². The molecule has 0 spiro atoms. The Morgan fingerprint density at radius 3 is 2.79 bits per heavy atom. The molecule has 2 aromatic heterocycles. The van der Waals surface area contributed by atoms with Gasteiger partial charge in [-0.25, -0.2) is 4.79 Å². The number of H-pyrrole nitrogens is 2. The maximum atomic E-state index is 11.8. The number of benzene rings is 1. The number of carbonyl (C=O) groups excluding carboxylic acids is 1. The van der Waals surface area contributed by atoms with Crippen molar-refractivity contribution in [2.75, 3.05) is 5.32 Å². The van der Waals surface area contributed by atoms with Gasteiger partial charge in [-0.2, -0.15) is 0 Å². The van der Waals surface area contributed by atoms with Crippen LogP contribution in [0, 0.1) is 6.92 Å². The fourth-order valence-electron chi connectivity index (χ4n) is 1.77. The molecular weight excluding hydrogens is 248 g/mol. The molecule has 7 heteroatoms. The Bertz CT molecular complexity index is 812. The molecule has 3 N–H and O–H groups in total.